The molecule has 0 bridgehead atoms. The van der Waals surface area contributed by atoms with Gasteiger partial charge < -0.3 is 14.8 Å². The molecule has 1 aromatic rings. The van der Waals surface area contributed by atoms with Gasteiger partial charge in [0.25, 0.3) is 0 Å². The molecular weight excluding hydrogens is 230 g/mol. The van der Waals surface area contributed by atoms with Crippen LogP contribution in [0.2, 0.25) is 0 Å². The molecule has 0 radical (unpaired) electrons. The van der Waals surface area contributed by atoms with Gasteiger partial charge in [0, 0.05) is 11.6 Å². The first-order valence-corrected chi connectivity index (χ1v) is 6.64. The number of nitrogens with one attached hydrogen (secondary N) is 1. The van der Waals surface area contributed by atoms with Crippen molar-refractivity contribution in [1.82, 2.24) is 5.32 Å². The summed E-state index contributed by atoms with van der Waals surface area (Å²) in [6.07, 6.45) is 5.26. The molecule has 2 rings (SSSR count). The number of rotatable bonds is 5. The number of hydrogen-bond acceptors (Lipinski definition) is 3. The smallest absolute Gasteiger partial charge is 0.372 e. The molecule has 18 heavy (non-hydrogen) atoms. The maximum Gasteiger partial charge on any atom is 0.372 e. The minimum atomic E-state index is -0.998. The molecule has 1 aliphatic carbocycles. The van der Waals surface area contributed by atoms with Crippen molar-refractivity contribution in [2.75, 3.05) is 0 Å². The Morgan fingerprint density at radius 3 is 2.78 bits per heavy atom. The van der Waals surface area contributed by atoms with Gasteiger partial charge in [0.1, 0.15) is 5.76 Å². The Bertz CT molecular complexity index is 419. The quantitative estimate of drug-likeness (QED) is 0.844. The van der Waals surface area contributed by atoms with Gasteiger partial charge >= 0.3 is 5.97 Å². The van der Waals surface area contributed by atoms with Crippen LogP contribution < -0.4 is 5.32 Å². The van der Waals surface area contributed by atoms with Crippen LogP contribution in [0, 0.1) is 12.8 Å². The summed E-state index contributed by atoms with van der Waals surface area (Å²) in [5, 5.41) is 12.3. The normalized spacial score (nSPS) is 18.1. The van der Waals surface area contributed by atoms with E-state index in [9.17, 15) is 4.79 Å². The highest BCUT2D eigenvalue weighted by Gasteiger charge is 2.21. The maximum atomic E-state index is 10.9. The zero-order valence-corrected chi connectivity index (χ0v) is 11.0. The van der Waals surface area contributed by atoms with Crippen LogP contribution in [0.4, 0.5) is 0 Å². The molecule has 1 aromatic heterocycles. The Hall–Kier alpha value is -1.29. The second-order valence-electron chi connectivity index (χ2n) is 5.24. The van der Waals surface area contributed by atoms with Crippen LogP contribution in [0.3, 0.4) is 0 Å². The Kier molecular flexibility index (Phi) is 4.07. The summed E-state index contributed by atoms with van der Waals surface area (Å²) in [5.41, 5.74) is 0.688. The second-order valence-corrected chi connectivity index (χ2v) is 5.24. The third-order valence-electron chi connectivity index (χ3n) is 3.87. The molecule has 4 heteroatoms. The average molecular weight is 251 g/mol. The van der Waals surface area contributed by atoms with Gasteiger partial charge in [0.2, 0.25) is 5.76 Å². The zero-order valence-electron chi connectivity index (χ0n) is 11.0. The van der Waals surface area contributed by atoms with Crippen molar-refractivity contribution in [3.8, 4) is 0 Å². The van der Waals surface area contributed by atoms with Crippen LogP contribution in [0.25, 0.3) is 0 Å². The molecule has 4 nitrogen and oxygen atoms in total. The molecule has 0 spiro atoms. The lowest BCUT2D eigenvalue weighted by atomic mass is 10.00. The average Bonchev–Trinajstić information content (AvgIpc) is 2.94. The van der Waals surface area contributed by atoms with Gasteiger partial charge in [0.05, 0.1) is 6.54 Å². The summed E-state index contributed by atoms with van der Waals surface area (Å²) in [7, 11) is 0. The monoisotopic (exact) mass is 251 g/mol. The van der Waals surface area contributed by atoms with E-state index in [1.807, 2.05) is 0 Å². The third-order valence-corrected chi connectivity index (χ3v) is 3.87. The predicted molar refractivity (Wildman–Crippen MR) is 68.7 cm³/mol. The first kappa shape index (κ1) is 13.1. The molecule has 2 N–H and O–H groups in total. The van der Waals surface area contributed by atoms with Crippen LogP contribution in [-0.4, -0.2) is 17.1 Å². The summed E-state index contributed by atoms with van der Waals surface area (Å²) in [6, 6.07) is 2.27. The number of carboxylic acids is 1. The Morgan fingerprint density at radius 1 is 1.56 bits per heavy atom. The fourth-order valence-electron chi connectivity index (χ4n) is 2.73. The van der Waals surface area contributed by atoms with Crippen molar-refractivity contribution in [2.24, 2.45) is 5.92 Å². The highest BCUT2D eigenvalue weighted by Crippen LogP contribution is 2.27. The number of furan rings is 1. The second kappa shape index (κ2) is 5.57. The Morgan fingerprint density at radius 2 is 2.22 bits per heavy atom. The van der Waals surface area contributed by atoms with E-state index >= 15 is 0 Å². The molecule has 1 atom stereocenters. The van der Waals surface area contributed by atoms with Crippen LogP contribution in [0.5, 0.6) is 0 Å². The van der Waals surface area contributed by atoms with E-state index in [4.69, 9.17) is 9.52 Å². The number of carboxylic acid groups (broad SMARTS) is 1. The van der Waals surface area contributed by atoms with E-state index in [2.05, 4.69) is 12.2 Å². The largest absolute Gasteiger partial charge is 0.475 e. The number of carbonyl (C=O) groups is 1. The molecule has 100 valence electrons. The van der Waals surface area contributed by atoms with Gasteiger partial charge in [-0.3, -0.25) is 0 Å². The first-order chi connectivity index (χ1) is 8.58. The number of hydrogen-bond donors (Lipinski definition) is 2. The minimum absolute atomic E-state index is 0.0559. The first-order valence-electron chi connectivity index (χ1n) is 6.64. The van der Waals surface area contributed by atoms with Crippen molar-refractivity contribution in [1.29, 1.82) is 0 Å². The summed E-state index contributed by atoms with van der Waals surface area (Å²) in [4.78, 5) is 10.9. The molecule has 0 amide bonds. The molecule has 1 heterocycles. The fourth-order valence-corrected chi connectivity index (χ4v) is 2.73. The summed E-state index contributed by atoms with van der Waals surface area (Å²) >= 11 is 0. The van der Waals surface area contributed by atoms with Crippen LogP contribution in [0.15, 0.2) is 10.5 Å². The van der Waals surface area contributed by atoms with Gasteiger partial charge in [-0.1, -0.05) is 12.8 Å². The van der Waals surface area contributed by atoms with E-state index in [0.717, 1.165) is 5.92 Å². The lowest BCUT2D eigenvalue weighted by Crippen LogP contribution is -2.31. The minimum Gasteiger partial charge on any atom is -0.475 e. The van der Waals surface area contributed by atoms with Crippen molar-refractivity contribution in [2.45, 2.75) is 52.1 Å². The van der Waals surface area contributed by atoms with Crippen LogP contribution in [0.1, 0.15) is 54.5 Å². The summed E-state index contributed by atoms with van der Waals surface area (Å²) in [6.45, 7) is 4.56. The van der Waals surface area contributed by atoms with Gasteiger partial charge in [-0.15, -0.1) is 0 Å². The molecular formula is C14H21NO3. The van der Waals surface area contributed by atoms with Crippen molar-refractivity contribution in [3.05, 3.63) is 23.2 Å². The zero-order chi connectivity index (χ0) is 13.1. The lowest BCUT2D eigenvalue weighted by Gasteiger charge is -2.19. The third kappa shape index (κ3) is 2.93. The van der Waals surface area contributed by atoms with E-state index in [-0.39, 0.29) is 5.76 Å². The molecule has 0 unspecified atom stereocenters. The molecule has 0 aliphatic heterocycles. The highest BCUT2D eigenvalue weighted by molar-refractivity contribution is 5.86. The predicted octanol–water partition coefficient (Wildman–Crippen LogP) is 2.95. The topological polar surface area (TPSA) is 62.5 Å². The molecule has 1 fully saturated rings. The summed E-state index contributed by atoms with van der Waals surface area (Å²) < 4.78 is 5.33. The highest BCUT2D eigenvalue weighted by atomic mass is 16.4. The van der Waals surface area contributed by atoms with Crippen molar-refractivity contribution in [3.63, 3.8) is 0 Å². The Balaban J connectivity index is 1.89. The van der Waals surface area contributed by atoms with Gasteiger partial charge in [-0.05, 0) is 38.7 Å². The van der Waals surface area contributed by atoms with Gasteiger partial charge in [-0.2, -0.15) is 0 Å². The lowest BCUT2D eigenvalue weighted by molar-refractivity contribution is 0.0659. The maximum absolute atomic E-state index is 10.9. The Labute approximate surface area is 107 Å². The van der Waals surface area contributed by atoms with Crippen LogP contribution >= 0.6 is 0 Å². The van der Waals surface area contributed by atoms with Crippen LogP contribution in [-0.2, 0) is 6.54 Å². The SMILES string of the molecule is Cc1cc(CN[C@@H](C)C2CCCC2)oc1C(=O)O. The molecule has 0 saturated heterocycles. The van der Waals surface area contributed by atoms with E-state index in [1.54, 1.807) is 13.0 Å². The van der Waals surface area contributed by atoms with E-state index in [0.29, 0.717) is 23.9 Å². The van der Waals surface area contributed by atoms with Gasteiger partial charge in [-0.25, -0.2) is 4.79 Å². The van der Waals surface area contributed by atoms with E-state index < -0.39 is 5.97 Å². The van der Waals surface area contributed by atoms with E-state index in [1.165, 1.54) is 25.7 Å². The van der Waals surface area contributed by atoms with Crippen molar-refractivity contribution < 1.29 is 14.3 Å². The molecule has 0 aromatic carbocycles. The fraction of sp³-hybridized carbons (Fsp3) is 0.643. The van der Waals surface area contributed by atoms with Crippen molar-refractivity contribution >= 4 is 5.97 Å². The number of aryl methyl sites for hydroxylation is 1. The summed E-state index contributed by atoms with van der Waals surface area (Å²) in [5.74, 6) is 0.512. The standard InChI is InChI=1S/C14H21NO3/c1-9-7-12(18-13(9)14(16)17)8-15-10(2)11-5-3-4-6-11/h7,10-11,15H,3-6,8H2,1-2H3,(H,16,17)/t10-/m0/s1. The molecule has 1 saturated carbocycles. The van der Waals surface area contributed by atoms with Gasteiger partial charge in [0.15, 0.2) is 0 Å². The molecule has 1 aliphatic rings. The number of aromatic carboxylic acids is 1.